The molecule has 4 atom stereocenters. The van der Waals surface area contributed by atoms with Gasteiger partial charge in [0.2, 0.25) is 0 Å². The van der Waals surface area contributed by atoms with E-state index in [1.54, 1.807) is 0 Å². The average Bonchev–Trinajstić information content (AvgIpc) is 3.09. The molecule has 3 heterocycles. The summed E-state index contributed by atoms with van der Waals surface area (Å²) in [5, 5.41) is 19.1. The highest BCUT2D eigenvalue weighted by molar-refractivity contribution is 5.75. The van der Waals surface area contributed by atoms with Crippen LogP contribution in [0.4, 0.5) is 4.39 Å². The number of rotatable bonds is 5. The lowest BCUT2D eigenvalue weighted by Crippen LogP contribution is -2.37. The quantitative estimate of drug-likeness (QED) is 0.646. The molecule has 3 rings (SSSR count). The van der Waals surface area contributed by atoms with Crippen LogP contribution in [0.25, 0.3) is 11.0 Å². The van der Waals surface area contributed by atoms with Crippen LogP contribution < -0.4 is 5.56 Å². The highest BCUT2D eigenvalue weighted by atomic mass is 19.1. The molecule has 3 unspecified atom stereocenters. The number of H-pyrrole nitrogens is 1. The number of nitrogens with zero attached hydrogens (tertiary/aromatic N) is 2. The van der Waals surface area contributed by atoms with E-state index in [2.05, 4.69) is 9.97 Å². The van der Waals surface area contributed by atoms with Gasteiger partial charge in [-0.25, -0.2) is 9.37 Å². The minimum absolute atomic E-state index is 0.0745. The third kappa shape index (κ3) is 2.94. The zero-order valence-electron chi connectivity index (χ0n) is 13.1. The molecule has 0 saturated carbocycles. The molecule has 3 N–H and O–H groups in total. The van der Waals surface area contributed by atoms with Gasteiger partial charge in [0.25, 0.3) is 11.5 Å². The average molecular weight is 343 g/mol. The van der Waals surface area contributed by atoms with Crippen molar-refractivity contribution in [1.82, 2.24) is 14.5 Å². The Morgan fingerprint density at radius 3 is 3.04 bits per heavy atom. The lowest BCUT2D eigenvalue weighted by molar-refractivity contribution is -0.360. The molecular weight excluding hydrogens is 325 g/mol. The van der Waals surface area contributed by atoms with E-state index < -0.39 is 35.8 Å². The lowest BCUT2D eigenvalue weighted by atomic mass is 10.2. The van der Waals surface area contributed by atoms with Crippen molar-refractivity contribution in [1.29, 1.82) is 0 Å². The molecular formula is C14H18FN3O6. The van der Waals surface area contributed by atoms with Crippen molar-refractivity contribution in [2.75, 3.05) is 13.7 Å². The van der Waals surface area contributed by atoms with Gasteiger partial charge in [-0.2, -0.15) is 0 Å². The second kappa shape index (κ2) is 6.22. The van der Waals surface area contributed by atoms with Gasteiger partial charge in [0, 0.05) is 26.7 Å². The highest BCUT2D eigenvalue weighted by Gasteiger charge is 2.42. The number of aliphatic hydroxyl groups excluding tert-OH is 1. The molecule has 24 heavy (non-hydrogen) atoms. The minimum Gasteiger partial charge on any atom is -0.394 e. The fraction of sp³-hybridized carbons (Fsp3) is 0.571. The van der Waals surface area contributed by atoms with Gasteiger partial charge in [-0.3, -0.25) is 4.79 Å². The molecule has 0 amide bonds. The molecule has 1 fully saturated rings. The van der Waals surface area contributed by atoms with Crippen LogP contribution in [0.15, 0.2) is 17.3 Å². The number of aromatic nitrogens is 3. The molecule has 0 aliphatic carbocycles. The first-order chi connectivity index (χ1) is 11.4. The zero-order chi connectivity index (χ0) is 17.5. The number of halogens is 1. The van der Waals surface area contributed by atoms with Crippen LogP contribution in [-0.4, -0.2) is 56.6 Å². The topological polar surface area (TPSA) is 119 Å². The number of hydrogen-bond acceptors (Lipinski definition) is 7. The van der Waals surface area contributed by atoms with Crippen LogP contribution in [0.2, 0.25) is 0 Å². The Balaban J connectivity index is 2.02. The summed E-state index contributed by atoms with van der Waals surface area (Å²) in [6, 6.07) is 0. The van der Waals surface area contributed by atoms with Crippen LogP contribution >= 0.6 is 0 Å². The van der Waals surface area contributed by atoms with Gasteiger partial charge in [0.1, 0.15) is 11.5 Å². The number of hydrogen-bond donors (Lipinski definition) is 3. The maximum absolute atomic E-state index is 14.1. The third-order valence-corrected chi connectivity index (χ3v) is 3.94. The summed E-state index contributed by atoms with van der Waals surface area (Å²) in [4.78, 5) is 18.1. The molecule has 1 aliphatic heterocycles. The summed E-state index contributed by atoms with van der Waals surface area (Å²) in [5.74, 6) is -2.64. The molecule has 10 heteroatoms. The van der Waals surface area contributed by atoms with Crippen LogP contribution in [0.3, 0.4) is 0 Å². The van der Waals surface area contributed by atoms with Gasteiger partial charge >= 0.3 is 0 Å². The Labute approximate surface area is 135 Å². The van der Waals surface area contributed by atoms with Crippen LogP contribution in [0.5, 0.6) is 0 Å². The van der Waals surface area contributed by atoms with E-state index in [4.69, 9.17) is 14.2 Å². The van der Waals surface area contributed by atoms with Gasteiger partial charge in [-0.1, -0.05) is 0 Å². The van der Waals surface area contributed by atoms with E-state index in [1.807, 2.05) is 0 Å². The number of aliphatic hydroxyl groups is 2. The Kier molecular flexibility index (Phi) is 4.40. The van der Waals surface area contributed by atoms with E-state index in [-0.39, 0.29) is 24.1 Å². The predicted molar refractivity (Wildman–Crippen MR) is 78.4 cm³/mol. The highest BCUT2D eigenvalue weighted by Crippen LogP contribution is 2.35. The van der Waals surface area contributed by atoms with Gasteiger partial charge in [-0.05, 0) is 0 Å². The molecule has 0 radical (unpaired) electrons. The normalized spacial score (nSPS) is 26.8. The number of aromatic amines is 1. The second-order valence-electron chi connectivity index (χ2n) is 5.64. The number of methoxy groups -OCH3 is 1. The van der Waals surface area contributed by atoms with Gasteiger partial charge < -0.3 is 34.0 Å². The van der Waals surface area contributed by atoms with Crippen molar-refractivity contribution < 1.29 is 28.8 Å². The van der Waals surface area contributed by atoms with Crippen LogP contribution in [0.1, 0.15) is 19.6 Å². The Morgan fingerprint density at radius 2 is 2.38 bits per heavy atom. The Morgan fingerprint density at radius 1 is 1.62 bits per heavy atom. The van der Waals surface area contributed by atoms with Gasteiger partial charge in [-0.15, -0.1) is 0 Å². The van der Waals surface area contributed by atoms with E-state index in [0.717, 1.165) is 12.5 Å². The first-order valence-corrected chi connectivity index (χ1v) is 7.31. The molecule has 132 valence electrons. The fourth-order valence-corrected chi connectivity index (χ4v) is 2.76. The lowest BCUT2D eigenvalue weighted by Gasteiger charge is -2.28. The number of nitrogens with one attached hydrogen (secondary N) is 1. The predicted octanol–water partition coefficient (Wildman–Crippen LogP) is -0.159. The van der Waals surface area contributed by atoms with E-state index >= 15 is 0 Å². The first kappa shape index (κ1) is 17.0. The zero-order valence-corrected chi connectivity index (χ0v) is 13.1. The van der Waals surface area contributed by atoms with Crippen LogP contribution in [0, 0.1) is 5.82 Å². The fourth-order valence-electron chi connectivity index (χ4n) is 2.76. The summed E-state index contributed by atoms with van der Waals surface area (Å²) in [6.07, 6.45) is 0.245. The van der Waals surface area contributed by atoms with Crippen molar-refractivity contribution in [2.45, 2.75) is 37.8 Å². The Hall–Kier alpha value is -1.85. The molecule has 0 bridgehead atoms. The van der Waals surface area contributed by atoms with Gasteiger partial charge in [0.15, 0.2) is 17.7 Å². The molecule has 2 aromatic heterocycles. The molecule has 0 spiro atoms. The summed E-state index contributed by atoms with van der Waals surface area (Å²) in [7, 11) is 1.26. The van der Waals surface area contributed by atoms with E-state index in [1.165, 1.54) is 18.6 Å². The molecule has 1 aliphatic rings. The van der Waals surface area contributed by atoms with Gasteiger partial charge in [0.05, 0.1) is 19.0 Å². The molecule has 9 nitrogen and oxygen atoms in total. The van der Waals surface area contributed by atoms with E-state index in [0.29, 0.717) is 0 Å². The number of fused-ring (bicyclic) bond motifs is 1. The summed E-state index contributed by atoms with van der Waals surface area (Å²) in [5.41, 5.74) is -0.542. The number of ether oxygens (including phenoxy) is 3. The SMILES string of the molecule is COC(C)(O)O[C@@H]1CC(CO)OC1n1cc(F)c2c(=O)[nH]cnc21. The van der Waals surface area contributed by atoms with Crippen molar-refractivity contribution in [3.63, 3.8) is 0 Å². The maximum Gasteiger partial charge on any atom is 0.277 e. The van der Waals surface area contributed by atoms with E-state index in [9.17, 15) is 19.4 Å². The van der Waals surface area contributed by atoms with Crippen molar-refractivity contribution >= 4 is 11.0 Å². The first-order valence-electron chi connectivity index (χ1n) is 7.31. The van der Waals surface area contributed by atoms with Crippen LogP contribution in [-0.2, 0) is 14.2 Å². The standard InChI is InChI=1S/C14H18FN3O6/c1-14(21,22-2)24-9-3-7(5-19)23-13(9)18-4-8(15)10-11(18)16-6-17-12(10)20/h4,6-7,9,13,19,21H,3,5H2,1-2H3,(H,16,17,20)/t7?,9-,13?,14?/m1/s1. The summed E-state index contributed by atoms with van der Waals surface area (Å²) in [6.45, 7) is 1.02. The van der Waals surface area contributed by atoms with Crippen molar-refractivity contribution in [3.05, 3.63) is 28.7 Å². The third-order valence-electron chi connectivity index (χ3n) is 3.94. The second-order valence-corrected chi connectivity index (χ2v) is 5.64. The monoisotopic (exact) mass is 343 g/mol. The summed E-state index contributed by atoms with van der Waals surface area (Å²) < 4.78 is 31.4. The molecule has 0 aromatic carbocycles. The molecule has 2 aromatic rings. The van der Waals surface area contributed by atoms with Crippen molar-refractivity contribution in [2.24, 2.45) is 0 Å². The van der Waals surface area contributed by atoms with Crippen molar-refractivity contribution in [3.8, 4) is 0 Å². The Bertz CT molecular complexity index is 788. The summed E-state index contributed by atoms with van der Waals surface area (Å²) >= 11 is 0. The smallest absolute Gasteiger partial charge is 0.277 e. The maximum atomic E-state index is 14.1. The largest absolute Gasteiger partial charge is 0.394 e. The molecule has 1 saturated heterocycles. The minimum atomic E-state index is -1.89.